The van der Waals surface area contributed by atoms with E-state index in [1.165, 1.54) is 5.56 Å². The Morgan fingerprint density at radius 2 is 1.89 bits per heavy atom. The summed E-state index contributed by atoms with van der Waals surface area (Å²) in [5.41, 5.74) is 2.52. The Balaban J connectivity index is 1.93. The normalized spacial score (nSPS) is 12.1. The van der Waals surface area contributed by atoms with Crippen molar-refractivity contribution < 1.29 is 4.74 Å². The molecule has 1 atom stereocenters. The highest BCUT2D eigenvalue weighted by atomic mass is 16.5. The molecule has 0 aliphatic heterocycles. The van der Waals surface area contributed by atoms with Gasteiger partial charge in [-0.2, -0.15) is 0 Å². The number of hydrogen-bond donors (Lipinski definition) is 0. The van der Waals surface area contributed by atoms with Crippen LogP contribution in [-0.4, -0.2) is 12.1 Å². The molecular weight excluding hydrogens is 222 g/mol. The molecule has 0 amide bonds. The molecule has 2 rings (SSSR count). The molecule has 0 fully saturated rings. The number of aryl methyl sites for hydroxylation is 1. The van der Waals surface area contributed by atoms with E-state index < -0.39 is 0 Å². The molecule has 0 aliphatic rings. The first-order valence-corrected chi connectivity index (χ1v) is 6.33. The lowest BCUT2D eigenvalue weighted by Gasteiger charge is -2.12. The first-order valence-electron chi connectivity index (χ1n) is 6.33. The standard InChI is InChI=1S/C16H19NO/c1-13(6-9-15-5-3-4-12-17-15)14-7-10-16(18-2)11-8-14/h3-5,7-8,10-13H,6,9H2,1-2H3/t13-/m0/s1. The topological polar surface area (TPSA) is 22.1 Å². The van der Waals surface area contributed by atoms with Gasteiger partial charge in [0.1, 0.15) is 5.75 Å². The Hall–Kier alpha value is -1.83. The van der Waals surface area contributed by atoms with E-state index in [1.54, 1.807) is 7.11 Å². The van der Waals surface area contributed by atoms with E-state index in [9.17, 15) is 0 Å². The van der Waals surface area contributed by atoms with Crippen LogP contribution < -0.4 is 4.74 Å². The smallest absolute Gasteiger partial charge is 0.118 e. The molecule has 1 aromatic carbocycles. The van der Waals surface area contributed by atoms with Gasteiger partial charge in [0.2, 0.25) is 0 Å². The second-order valence-corrected chi connectivity index (χ2v) is 4.53. The predicted molar refractivity (Wildman–Crippen MR) is 74.0 cm³/mol. The molecule has 0 saturated carbocycles. The maximum absolute atomic E-state index is 5.17. The molecule has 94 valence electrons. The Kier molecular flexibility index (Phi) is 4.35. The van der Waals surface area contributed by atoms with Gasteiger partial charge in [-0.1, -0.05) is 25.1 Å². The summed E-state index contributed by atoms with van der Waals surface area (Å²) in [5.74, 6) is 1.45. The molecule has 0 bridgehead atoms. The van der Waals surface area contributed by atoms with Crippen LogP contribution in [0.15, 0.2) is 48.7 Å². The van der Waals surface area contributed by atoms with E-state index in [2.05, 4.69) is 30.1 Å². The van der Waals surface area contributed by atoms with E-state index in [4.69, 9.17) is 4.74 Å². The minimum Gasteiger partial charge on any atom is -0.497 e. The number of ether oxygens (including phenoxy) is 1. The lowest BCUT2D eigenvalue weighted by Crippen LogP contribution is -1.98. The van der Waals surface area contributed by atoms with Gasteiger partial charge in [0, 0.05) is 11.9 Å². The van der Waals surface area contributed by atoms with Crippen molar-refractivity contribution in [3.8, 4) is 5.75 Å². The monoisotopic (exact) mass is 241 g/mol. The molecule has 0 spiro atoms. The SMILES string of the molecule is COc1ccc([C@@H](C)CCc2ccccn2)cc1. The van der Waals surface area contributed by atoms with Gasteiger partial charge in [-0.15, -0.1) is 0 Å². The number of aromatic nitrogens is 1. The van der Waals surface area contributed by atoms with Crippen molar-refractivity contribution in [2.75, 3.05) is 7.11 Å². The number of hydrogen-bond acceptors (Lipinski definition) is 2. The molecule has 0 aliphatic carbocycles. The summed E-state index contributed by atoms with van der Waals surface area (Å²) < 4.78 is 5.17. The maximum Gasteiger partial charge on any atom is 0.118 e. The van der Waals surface area contributed by atoms with Gasteiger partial charge >= 0.3 is 0 Å². The average molecular weight is 241 g/mol. The first-order chi connectivity index (χ1) is 8.79. The van der Waals surface area contributed by atoms with E-state index in [1.807, 2.05) is 30.5 Å². The summed E-state index contributed by atoms with van der Waals surface area (Å²) in [6.45, 7) is 2.25. The van der Waals surface area contributed by atoms with Crippen molar-refractivity contribution in [3.63, 3.8) is 0 Å². The van der Waals surface area contributed by atoms with Gasteiger partial charge < -0.3 is 4.74 Å². The third kappa shape index (κ3) is 3.33. The fourth-order valence-corrected chi connectivity index (χ4v) is 2.01. The van der Waals surface area contributed by atoms with Crippen LogP contribution in [0.2, 0.25) is 0 Å². The van der Waals surface area contributed by atoms with Gasteiger partial charge in [0.25, 0.3) is 0 Å². The van der Waals surface area contributed by atoms with Crippen LogP contribution >= 0.6 is 0 Å². The van der Waals surface area contributed by atoms with Crippen molar-refractivity contribution in [1.82, 2.24) is 4.98 Å². The van der Waals surface area contributed by atoms with Crippen LogP contribution in [0.3, 0.4) is 0 Å². The van der Waals surface area contributed by atoms with E-state index in [-0.39, 0.29) is 0 Å². The van der Waals surface area contributed by atoms with Gasteiger partial charge in [-0.3, -0.25) is 4.98 Å². The Bertz CT molecular complexity index is 464. The molecule has 0 N–H and O–H groups in total. The van der Waals surface area contributed by atoms with Crippen LogP contribution in [0.5, 0.6) is 5.75 Å². The Morgan fingerprint density at radius 1 is 1.11 bits per heavy atom. The second-order valence-electron chi connectivity index (χ2n) is 4.53. The quantitative estimate of drug-likeness (QED) is 0.793. The van der Waals surface area contributed by atoms with Gasteiger partial charge in [-0.05, 0) is 48.6 Å². The van der Waals surface area contributed by atoms with E-state index in [0.717, 1.165) is 24.3 Å². The first kappa shape index (κ1) is 12.6. The van der Waals surface area contributed by atoms with Crippen LogP contribution in [0, 0.1) is 0 Å². The van der Waals surface area contributed by atoms with E-state index in [0.29, 0.717) is 5.92 Å². The summed E-state index contributed by atoms with van der Waals surface area (Å²) in [6.07, 6.45) is 3.99. The van der Waals surface area contributed by atoms with E-state index >= 15 is 0 Å². The number of nitrogens with zero attached hydrogens (tertiary/aromatic N) is 1. The highest BCUT2D eigenvalue weighted by Crippen LogP contribution is 2.22. The minimum atomic E-state index is 0.540. The zero-order valence-electron chi connectivity index (χ0n) is 11.0. The fraction of sp³-hybridized carbons (Fsp3) is 0.312. The largest absolute Gasteiger partial charge is 0.497 e. The van der Waals surface area contributed by atoms with Crippen molar-refractivity contribution in [1.29, 1.82) is 0 Å². The number of benzene rings is 1. The third-order valence-electron chi connectivity index (χ3n) is 3.24. The highest BCUT2D eigenvalue weighted by Gasteiger charge is 2.06. The molecule has 0 radical (unpaired) electrons. The van der Waals surface area contributed by atoms with Gasteiger partial charge in [0.05, 0.1) is 7.11 Å². The minimum absolute atomic E-state index is 0.540. The van der Waals surface area contributed by atoms with Gasteiger partial charge in [0.15, 0.2) is 0 Å². The van der Waals surface area contributed by atoms with Gasteiger partial charge in [-0.25, -0.2) is 0 Å². The van der Waals surface area contributed by atoms with Crippen molar-refractivity contribution in [2.24, 2.45) is 0 Å². The summed E-state index contributed by atoms with van der Waals surface area (Å²) in [7, 11) is 1.69. The summed E-state index contributed by atoms with van der Waals surface area (Å²) >= 11 is 0. The van der Waals surface area contributed by atoms with Crippen LogP contribution in [0.1, 0.15) is 30.5 Å². The molecule has 0 saturated heterocycles. The van der Waals surface area contributed by atoms with Crippen molar-refractivity contribution in [3.05, 3.63) is 59.9 Å². The zero-order valence-corrected chi connectivity index (χ0v) is 11.0. The Labute approximate surface area is 109 Å². The lowest BCUT2D eigenvalue weighted by atomic mass is 9.95. The predicted octanol–water partition coefficient (Wildman–Crippen LogP) is 3.83. The Morgan fingerprint density at radius 3 is 2.50 bits per heavy atom. The van der Waals surface area contributed by atoms with Crippen molar-refractivity contribution >= 4 is 0 Å². The highest BCUT2D eigenvalue weighted by molar-refractivity contribution is 5.29. The average Bonchev–Trinajstić information content (AvgIpc) is 2.46. The molecule has 1 aromatic heterocycles. The maximum atomic E-state index is 5.17. The molecule has 1 heterocycles. The molecule has 2 heteroatoms. The molecule has 18 heavy (non-hydrogen) atoms. The second kappa shape index (κ2) is 6.20. The molecular formula is C16H19NO. The lowest BCUT2D eigenvalue weighted by molar-refractivity contribution is 0.414. The summed E-state index contributed by atoms with van der Waals surface area (Å²) in [6, 6.07) is 14.4. The number of rotatable bonds is 5. The van der Waals surface area contributed by atoms with Crippen LogP contribution in [0.25, 0.3) is 0 Å². The number of pyridine rings is 1. The van der Waals surface area contributed by atoms with Crippen LogP contribution in [0.4, 0.5) is 0 Å². The summed E-state index contributed by atoms with van der Waals surface area (Å²) in [5, 5.41) is 0. The third-order valence-corrected chi connectivity index (χ3v) is 3.24. The zero-order chi connectivity index (χ0) is 12.8. The summed E-state index contributed by atoms with van der Waals surface area (Å²) in [4.78, 5) is 4.35. The molecule has 2 nitrogen and oxygen atoms in total. The van der Waals surface area contributed by atoms with Crippen molar-refractivity contribution in [2.45, 2.75) is 25.7 Å². The number of methoxy groups -OCH3 is 1. The van der Waals surface area contributed by atoms with Crippen LogP contribution in [-0.2, 0) is 6.42 Å². The molecule has 0 unspecified atom stereocenters. The fourth-order valence-electron chi connectivity index (χ4n) is 2.01. The molecule has 2 aromatic rings.